The molecule has 27 heavy (non-hydrogen) atoms. The molecule has 1 atom stereocenters. The van der Waals surface area contributed by atoms with Crippen molar-refractivity contribution in [1.29, 1.82) is 0 Å². The molecule has 0 radical (unpaired) electrons. The Morgan fingerprint density at radius 3 is 2.70 bits per heavy atom. The average molecular weight is 385 g/mol. The fourth-order valence-corrected chi connectivity index (χ4v) is 4.92. The van der Waals surface area contributed by atoms with Crippen LogP contribution in [-0.4, -0.2) is 35.6 Å². The van der Waals surface area contributed by atoms with Gasteiger partial charge in [-0.25, -0.2) is 8.42 Å². The third kappa shape index (κ3) is 3.80. The van der Waals surface area contributed by atoms with Gasteiger partial charge in [0.15, 0.2) is 21.3 Å². The number of carbonyl (C=O) groups is 1. The van der Waals surface area contributed by atoms with Gasteiger partial charge >= 0.3 is 0 Å². The van der Waals surface area contributed by atoms with Gasteiger partial charge in [-0.05, 0) is 24.1 Å². The lowest BCUT2D eigenvalue weighted by Crippen LogP contribution is -2.23. The number of aromatic nitrogens is 2. The fraction of sp³-hybridized carbons (Fsp3) is 0.263. The highest BCUT2D eigenvalue weighted by atomic mass is 32.2. The zero-order valence-electron chi connectivity index (χ0n) is 14.5. The Morgan fingerprint density at radius 1 is 1.22 bits per heavy atom. The molecule has 1 unspecified atom stereocenters. The molecular formula is C19H19N3O4S. The number of nitrogens with zero attached hydrogens (tertiary/aromatic N) is 2. The van der Waals surface area contributed by atoms with Gasteiger partial charge in [-0.2, -0.15) is 5.10 Å². The van der Waals surface area contributed by atoms with Crippen LogP contribution in [0.1, 0.15) is 28.5 Å². The van der Waals surface area contributed by atoms with Gasteiger partial charge in [0.05, 0.1) is 23.8 Å². The van der Waals surface area contributed by atoms with E-state index in [0.29, 0.717) is 24.4 Å². The molecule has 1 aliphatic rings. The fourth-order valence-electron chi connectivity index (χ4n) is 3.23. The highest BCUT2D eigenvalue weighted by Crippen LogP contribution is 2.30. The van der Waals surface area contributed by atoms with E-state index in [2.05, 4.69) is 10.4 Å². The zero-order chi connectivity index (χ0) is 18.9. The standard InChI is InChI=1S/C19H19N3O4S/c23-19(20-12-14-5-2-1-3-6-14)16-11-17(18-7-4-9-26-18)22(21-16)15-8-10-27(24,25)13-15/h1-7,9,11,15H,8,10,12-13H2,(H,20,23). The van der Waals surface area contributed by atoms with Crippen LogP contribution in [0.25, 0.3) is 11.5 Å². The lowest BCUT2D eigenvalue weighted by Gasteiger charge is -2.11. The highest BCUT2D eigenvalue weighted by Gasteiger charge is 2.32. The van der Waals surface area contributed by atoms with Crippen LogP contribution in [0.2, 0.25) is 0 Å². The Morgan fingerprint density at radius 2 is 2.04 bits per heavy atom. The topological polar surface area (TPSA) is 94.2 Å². The second-order valence-corrected chi connectivity index (χ2v) is 8.79. The monoisotopic (exact) mass is 385 g/mol. The van der Waals surface area contributed by atoms with Crippen molar-refractivity contribution in [3.05, 3.63) is 66.1 Å². The van der Waals surface area contributed by atoms with Crippen LogP contribution in [0, 0.1) is 0 Å². The molecule has 7 nitrogen and oxygen atoms in total. The van der Waals surface area contributed by atoms with Gasteiger partial charge in [-0.1, -0.05) is 30.3 Å². The molecule has 1 aliphatic heterocycles. The van der Waals surface area contributed by atoms with E-state index in [0.717, 1.165) is 5.56 Å². The summed E-state index contributed by atoms with van der Waals surface area (Å²) in [5, 5.41) is 7.25. The van der Waals surface area contributed by atoms with Gasteiger partial charge in [0, 0.05) is 12.6 Å². The van der Waals surface area contributed by atoms with Gasteiger partial charge in [0.2, 0.25) is 0 Å². The Labute approximate surface area is 156 Å². The molecule has 2 aromatic heterocycles. The van der Waals surface area contributed by atoms with Crippen LogP contribution in [0.15, 0.2) is 59.2 Å². The minimum absolute atomic E-state index is 0.0213. The molecule has 8 heteroatoms. The molecule has 0 spiro atoms. The largest absolute Gasteiger partial charge is 0.463 e. The molecule has 1 aromatic carbocycles. The number of benzene rings is 1. The van der Waals surface area contributed by atoms with Crippen molar-refractivity contribution in [3.8, 4) is 11.5 Å². The second kappa shape index (κ2) is 7.03. The SMILES string of the molecule is O=C(NCc1ccccc1)c1cc(-c2ccco2)n(C2CCS(=O)(=O)C2)n1. The normalized spacial score (nSPS) is 18.4. The third-order valence-electron chi connectivity index (χ3n) is 4.59. The molecular weight excluding hydrogens is 366 g/mol. The van der Waals surface area contributed by atoms with Crippen molar-refractivity contribution in [1.82, 2.24) is 15.1 Å². The summed E-state index contributed by atoms with van der Waals surface area (Å²) in [6.07, 6.45) is 2.01. The molecule has 0 bridgehead atoms. The summed E-state index contributed by atoms with van der Waals surface area (Å²) in [6.45, 7) is 0.389. The van der Waals surface area contributed by atoms with Crippen LogP contribution >= 0.6 is 0 Å². The summed E-state index contributed by atoms with van der Waals surface area (Å²) >= 11 is 0. The molecule has 3 heterocycles. The van der Waals surface area contributed by atoms with Crippen LogP contribution in [0.5, 0.6) is 0 Å². The van der Waals surface area contributed by atoms with Gasteiger partial charge < -0.3 is 9.73 Å². The van der Waals surface area contributed by atoms with E-state index in [1.807, 2.05) is 30.3 Å². The lowest BCUT2D eigenvalue weighted by atomic mass is 10.2. The predicted octanol–water partition coefficient (Wildman–Crippen LogP) is 2.43. The Bertz CT molecular complexity index is 1040. The van der Waals surface area contributed by atoms with Gasteiger partial charge in [-0.15, -0.1) is 0 Å². The van der Waals surface area contributed by atoms with Gasteiger partial charge in [-0.3, -0.25) is 9.48 Å². The second-order valence-electron chi connectivity index (χ2n) is 6.56. The number of furan rings is 1. The van der Waals surface area contributed by atoms with Crippen LogP contribution in [0.4, 0.5) is 0 Å². The maximum atomic E-state index is 12.6. The van der Waals surface area contributed by atoms with E-state index in [9.17, 15) is 13.2 Å². The average Bonchev–Trinajstić information content (AvgIpc) is 3.39. The van der Waals surface area contributed by atoms with Gasteiger partial charge in [0.25, 0.3) is 5.91 Å². The minimum atomic E-state index is -3.08. The van der Waals surface area contributed by atoms with Crippen molar-refractivity contribution in [2.75, 3.05) is 11.5 Å². The number of amides is 1. The number of hydrogen-bond acceptors (Lipinski definition) is 5. The molecule has 3 aromatic rings. The Balaban J connectivity index is 1.60. The molecule has 0 saturated carbocycles. The van der Waals surface area contributed by atoms with Crippen molar-refractivity contribution in [3.63, 3.8) is 0 Å². The van der Waals surface area contributed by atoms with E-state index >= 15 is 0 Å². The van der Waals surface area contributed by atoms with E-state index in [4.69, 9.17) is 4.42 Å². The summed E-state index contributed by atoms with van der Waals surface area (Å²) in [6, 6.07) is 14.4. The first kappa shape index (κ1) is 17.5. The van der Waals surface area contributed by atoms with Crippen LogP contribution < -0.4 is 5.32 Å². The molecule has 1 fully saturated rings. The van der Waals surface area contributed by atoms with E-state index in [1.54, 1.807) is 22.9 Å². The number of nitrogens with one attached hydrogen (secondary N) is 1. The smallest absolute Gasteiger partial charge is 0.272 e. The summed E-state index contributed by atoms with van der Waals surface area (Å²) in [4.78, 5) is 12.6. The lowest BCUT2D eigenvalue weighted by molar-refractivity contribution is 0.0945. The molecule has 1 amide bonds. The first-order valence-corrected chi connectivity index (χ1v) is 10.5. The van der Waals surface area contributed by atoms with Crippen molar-refractivity contribution >= 4 is 15.7 Å². The molecule has 4 rings (SSSR count). The zero-order valence-corrected chi connectivity index (χ0v) is 15.4. The van der Waals surface area contributed by atoms with E-state index < -0.39 is 9.84 Å². The maximum Gasteiger partial charge on any atom is 0.272 e. The number of hydrogen-bond donors (Lipinski definition) is 1. The molecule has 140 valence electrons. The summed E-state index contributed by atoms with van der Waals surface area (Å²) in [5.41, 5.74) is 1.83. The summed E-state index contributed by atoms with van der Waals surface area (Å²) in [7, 11) is -3.08. The van der Waals surface area contributed by atoms with Crippen LogP contribution in [-0.2, 0) is 16.4 Å². The van der Waals surface area contributed by atoms with E-state index in [1.165, 1.54) is 6.26 Å². The Kier molecular flexibility index (Phi) is 4.57. The minimum Gasteiger partial charge on any atom is -0.463 e. The van der Waals surface area contributed by atoms with E-state index in [-0.39, 0.29) is 29.1 Å². The first-order valence-electron chi connectivity index (χ1n) is 8.68. The van der Waals surface area contributed by atoms with Crippen molar-refractivity contribution in [2.24, 2.45) is 0 Å². The third-order valence-corrected chi connectivity index (χ3v) is 6.34. The number of rotatable bonds is 5. The van der Waals surface area contributed by atoms with Crippen molar-refractivity contribution < 1.29 is 17.6 Å². The van der Waals surface area contributed by atoms with Crippen molar-refractivity contribution in [2.45, 2.75) is 19.0 Å². The predicted molar refractivity (Wildman–Crippen MR) is 99.8 cm³/mol. The summed E-state index contributed by atoms with van der Waals surface area (Å²) < 4.78 is 30.8. The van der Waals surface area contributed by atoms with Crippen LogP contribution in [0.3, 0.4) is 0 Å². The quantitative estimate of drug-likeness (QED) is 0.728. The molecule has 1 N–H and O–H groups in total. The maximum absolute atomic E-state index is 12.6. The Hall–Kier alpha value is -2.87. The molecule has 0 aliphatic carbocycles. The van der Waals surface area contributed by atoms with Gasteiger partial charge in [0.1, 0.15) is 5.69 Å². The number of carbonyl (C=O) groups excluding carboxylic acids is 1. The highest BCUT2D eigenvalue weighted by molar-refractivity contribution is 7.91. The first-order chi connectivity index (χ1) is 13.0. The number of sulfone groups is 1. The molecule has 1 saturated heterocycles. The summed E-state index contributed by atoms with van der Waals surface area (Å²) in [5.74, 6) is 0.387.